The van der Waals surface area contributed by atoms with Crippen molar-refractivity contribution in [3.05, 3.63) is 12.0 Å². The maximum Gasteiger partial charge on any atom is 0.273 e. The lowest BCUT2D eigenvalue weighted by Crippen LogP contribution is -2.36. The van der Waals surface area contributed by atoms with E-state index < -0.39 is 0 Å². The summed E-state index contributed by atoms with van der Waals surface area (Å²) in [6, 6.07) is 0. The zero-order valence-corrected chi connectivity index (χ0v) is 11.6. The molecular weight excluding hydrogens is 242 g/mol. The molecule has 1 amide bonds. The molecule has 19 heavy (non-hydrogen) atoms. The first-order chi connectivity index (χ1) is 9.13. The number of amidine groups is 1. The van der Waals surface area contributed by atoms with Crippen molar-refractivity contribution in [3.8, 4) is 0 Å². The predicted octanol–water partition coefficient (Wildman–Crippen LogP) is 2.11. The van der Waals surface area contributed by atoms with Crippen LogP contribution < -0.4 is 0 Å². The summed E-state index contributed by atoms with van der Waals surface area (Å²) in [5.41, 5.74) is 0.239. The quantitative estimate of drug-likeness (QED) is 0.348. The van der Waals surface area contributed by atoms with E-state index in [9.17, 15) is 9.90 Å². The third-order valence-electron chi connectivity index (χ3n) is 4.14. The molecule has 0 spiro atoms. The standard InChI is InChI=1S/C14H23N3O2/c1-16-7-4-8-17(12(10-18)14(16)19)13(15)9-11-5-2-3-6-11/h10-11,15,18H,2-9H2,1H3/b12-10+,15-13?. The highest BCUT2D eigenvalue weighted by Crippen LogP contribution is 2.29. The van der Waals surface area contributed by atoms with Gasteiger partial charge in [-0.25, -0.2) is 0 Å². The number of carbonyl (C=O) groups is 1. The van der Waals surface area contributed by atoms with Crippen LogP contribution in [0.4, 0.5) is 0 Å². The van der Waals surface area contributed by atoms with Gasteiger partial charge in [-0.3, -0.25) is 10.2 Å². The van der Waals surface area contributed by atoms with E-state index >= 15 is 0 Å². The summed E-state index contributed by atoms with van der Waals surface area (Å²) in [5, 5.41) is 17.6. The lowest BCUT2D eigenvalue weighted by atomic mass is 10.0. The zero-order chi connectivity index (χ0) is 13.8. The smallest absolute Gasteiger partial charge is 0.273 e. The molecule has 0 radical (unpaired) electrons. The number of nitrogens with zero attached hydrogens (tertiary/aromatic N) is 2. The average molecular weight is 265 g/mol. The van der Waals surface area contributed by atoms with Crippen molar-refractivity contribution >= 4 is 11.7 Å². The second kappa shape index (κ2) is 6.08. The van der Waals surface area contributed by atoms with Crippen LogP contribution in [0.3, 0.4) is 0 Å². The molecule has 2 aliphatic rings. The van der Waals surface area contributed by atoms with Gasteiger partial charge in [-0.1, -0.05) is 25.7 Å². The molecule has 1 saturated heterocycles. The van der Waals surface area contributed by atoms with Gasteiger partial charge in [-0.2, -0.15) is 0 Å². The van der Waals surface area contributed by atoms with Crippen LogP contribution >= 0.6 is 0 Å². The van der Waals surface area contributed by atoms with Gasteiger partial charge in [-0.15, -0.1) is 0 Å². The molecule has 1 aliphatic carbocycles. The molecule has 5 nitrogen and oxygen atoms in total. The summed E-state index contributed by atoms with van der Waals surface area (Å²) in [4.78, 5) is 15.4. The topological polar surface area (TPSA) is 67.6 Å². The Balaban J connectivity index is 2.07. The summed E-state index contributed by atoms with van der Waals surface area (Å²) in [6.45, 7) is 1.30. The Morgan fingerprint density at radius 2 is 2.05 bits per heavy atom. The van der Waals surface area contributed by atoms with Gasteiger partial charge in [0.2, 0.25) is 0 Å². The minimum absolute atomic E-state index is 0.198. The van der Waals surface area contributed by atoms with Crippen LogP contribution in [0.2, 0.25) is 0 Å². The zero-order valence-electron chi connectivity index (χ0n) is 11.6. The second-order valence-electron chi connectivity index (χ2n) is 5.55. The fourth-order valence-electron chi connectivity index (χ4n) is 3.00. The molecule has 1 heterocycles. The van der Waals surface area contributed by atoms with Crippen LogP contribution in [-0.4, -0.2) is 46.8 Å². The fraction of sp³-hybridized carbons (Fsp3) is 0.714. The van der Waals surface area contributed by atoms with Crippen molar-refractivity contribution in [1.29, 1.82) is 5.41 Å². The Morgan fingerprint density at radius 1 is 1.37 bits per heavy atom. The molecule has 2 N–H and O–H groups in total. The van der Waals surface area contributed by atoms with Gasteiger partial charge >= 0.3 is 0 Å². The third-order valence-corrected chi connectivity index (χ3v) is 4.14. The first-order valence-electron chi connectivity index (χ1n) is 7.08. The summed E-state index contributed by atoms with van der Waals surface area (Å²) in [7, 11) is 1.73. The molecular formula is C14H23N3O2. The van der Waals surface area contributed by atoms with Crippen LogP contribution in [0.25, 0.3) is 0 Å². The van der Waals surface area contributed by atoms with Crippen molar-refractivity contribution in [2.45, 2.75) is 38.5 Å². The number of aliphatic hydroxyl groups is 1. The van der Waals surface area contributed by atoms with Crippen LogP contribution in [0.15, 0.2) is 12.0 Å². The number of hydrogen-bond acceptors (Lipinski definition) is 3. The number of amides is 1. The van der Waals surface area contributed by atoms with Crippen LogP contribution in [0, 0.1) is 11.3 Å². The van der Waals surface area contributed by atoms with E-state index in [0.29, 0.717) is 31.3 Å². The monoisotopic (exact) mass is 265 g/mol. The number of rotatable bonds is 2. The molecule has 2 fully saturated rings. The Morgan fingerprint density at radius 3 is 2.68 bits per heavy atom. The molecule has 106 valence electrons. The van der Waals surface area contributed by atoms with E-state index in [-0.39, 0.29) is 11.6 Å². The molecule has 0 atom stereocenters. The van der Waals surface area contributed by atoms with Gasteiger partial charge in [0.25, 0.3) is 5.91 Å². The van der Waals surface area contributed by atoms with E-state index in [1.165, 1.54) is 25.7 Å². The van der Waals surface area contributed by atoms with Gasteiger partial charge in [0, 0.05) is 26.6 Å². The van der Waals surface area contributed by atoms with Gasteiger partial charge in [0.15, 0.2) is 0 Å². The molecule has 0 bridgehead atoms. The van der Waals surface area contributed by atoms with Gasteiger partial charge in [-0.05, 0) is 12.3 Å². The number of nitrogens with one attached hydrogen (secondary N) is 1. The average Bonchev–Trinajstić information content (AvgIpc) is 2.84. The molecule has 1 saturated carbocycles. The van der Waals surface area contributed by atoms with Gasteiger partial charge < -0.3 is 14.9 Å². The lowest BCUT2D eigenvalue weighted by Gasteiger charge is -2.26. The van der Waals surface area contributed by atoms with E-state index in [1.54, 1.807) is 16.8 Å². The normalized spacial score (nSPS) is 24.1. The summed E-state index contributed by atoms with van der Waals surface area (Å²) in [5.74, 6) is 0.843. The summed E-state index contributed by atoms with van der Waals surface area (Å²) >= 11 is 0. The molecule has 1 aliphatic heterocycles. The van der Waals surface area contributed by atoms with Crippen molar-refractivity contribution < 1.29 is 9.90 Å². The molecule has 0 aromatic carbocycles. The highest BCUT2D eigenvalue weighted by atomic mass is 16.2. The van der Waals surface area contributed by atoms with Crippen LogP contribution in [0.1, 0.15) is 38.5 Å². The summed E-state index contributed by atoms with van der Waals surface area (Å²) in [6.07, 6.45) is 7.27. The number of carbonyl (C=O) groups excluding carboxylic acids is 1. The highest BCUT2D eigenvalue weighted by Gasteiger charge is 2.28. The van der Waals surface area contributed by atoms with E-state index in [1.807, 2.05) is 0 Å². The number of likely N-dealkylation sites (N-methyl/N-ethyl adjacent to an activating group) is 1. The summed E-state index contributed by atoms with van der Waals surface area (Å²) < 4.78 is 0. The number of aliphatic hydroxyl groups excluding tert-OH is 1. The van der Waals surface area contributed by atoms with Gasteiger partial charge in [0.05, 0.1) is 0 Å². The van der Waals surface area contributed by atoms with Crippen molar-refractivity contribution in [1.82, 2.24) is 9.80 Å². The molecule has 0 aromatic heterocycles. The lowest BCUT2D eigenvalue weighted by molar-refractivity contribution is -0.126. The van der Waals surface area contributed by atoms with Crippen molar-refractivity contribution in [2.75, 3.05) is 20.1 Å². The first kappa shape index (κ1) is 13.9. The fourth-order valence-corrected chi connectivity index (χ4v) is 3.00. The largest absolute Gasteiger partial charge is 0.513 e. The van der Waals surface area contributed by atoms with Crippen molar-refractivity contribution in [2.24, 2.45) is 5.92 Å². The molecule has 0 aromatic rings. The van der Waals surface area contributed by atoms with Crippen LogP contribution in [-0.2, 0) is 4.79 Å². The maximum atomic E-state index is 12.1. The minimum atomic E-state index is -0.198. The third kappa shape index (κ3) is 3.08. The first-order valence-corrected chi connectivity index (χ1v) is 7.08. The predicted molar refractivity (Wildman–Crippen MR) is 74.0 cm³/mol. The minimum Gasteiger partial charge on any atom is -0.513 e. The highest BCUT2D eigenvalue weighted by molar-refractivity contribution is 5.98. The van der Waals surface area contributed by atoms with Gasteiger partial charge in [0.1, 0.15) is 17.8 Å². The Bertz CT molecular complexity index is 386. The Labute approximate surface area is 114 Å². The van der Waals surface area contributed by atoms with E-state index in [2.05, 4.69) is 0 Å². The Hall–Kier alpha value is -1.52. The van der Waals surface area contributed by atoms with E-state index in [4.69, 9.17) is 5.41 Å². The van der Waals surface area contributed by atoms with E-state index in [0.717, 1.165) is 12.7 Å². The molecule has 5 heteroatoms. The molecule has 0 unspecified atom stereocenters. The Kier molecular flexibility index (Phi) is 4.45. The van der Waals surface area contributed by atoms with Crippen molar-refractivity contribution in [3.63, 3.8) is 0 Å². The number of hydrogen-bond donors (Lipinski definition) is 2. The molecule has 2 rings (SSSR count). The SMILES string of the molecule is CN1CCCN(C(=N)CC2CCCC2)/C(=C/O)C1=O. The maximum absolute atomic E-state index is 12.1. The van der Waals surface area contributed by atoms with Crippen LogP contribution in [0.5, 0.6) is 0 Å². The second-order valence-corrected chi connectivity index (χ2v) is 5.55.